The van der Waals surface area contributed by atoms with Crippen LogP contribution in [0.2, 0.25) is 0 Å². The highest BCUT2D eigenvalue weighted by atomic mass is 32.2. The minimum atomic E-state index is -3.19. The van der Waals surface area contributed by atoms with Crippen molar-refractivity contribution >= 4 is 49.9 Å². The van der Waals surface area contributed by atoms with Gasteiger partial charge in [0, 0.05) is 17.5 Å². The molecule has 0 saturated heterocycles. The summed E-state index contributed by atoms with van der Waals surface area (Å²) in [5, 5.41) is 0.681. The van der Waals surface area contributed by atoms with Crippen molar-refractivity contribution in [3.8, 4) is 5.75 Å². The van der Waals surface area contributed by atoms with Gasteiger partial charge in [0.2, 0.25) is 10.0 Å². The van der Waals surface area contributed by atoms with Crippen molar-refractivity contribution < 1.29 is 17.9 Å². The van der Waals surface area contributed by atoms with Crippen molar-refractivity contribution in [1.29, 1.82) is 0 Å². The Morgan fingerprint density at radius 1 is 1.33 bits per heavy atom. The predicted octanol–water partition coefficient (Wildman–Crippen LogP) is 2.70. The van der Waals surface area contributed by atoms with E-state index in [-0.39, 0.29) is 11.5 Å². The van der Waals surface area contributed by atoms with E-state index in [9.17, 15) is 13.2 Å². The first-order valence-corrected chi connectivity index (χ1v) is 11.8. The van der Waals surface area contributed by atoms with Crippen LogP contribution in [0, 0.1) is 0 Å². The molecule has 0 spiro atoms. The lowest BCUT2D eigenvalue weighted by molar-refractivity contribution is 0.102. The van der Waals surface area contributed by atoms with E-state index >= 15 is 0 Å². The van der Waals surface area contributed by atoms with Crippen LogP contribution in [0.25, 0.3) is 11.0 Å². The van der Waals surface area contributed by atoms with Crippen molar-refractivity contribution in [2.75, 3.05) is 25.7 Å². The maximum absolute atomic E-state index is 12.4. The molecule has 0 unspecified atom stereocenters. The third-order valence-corrected chi connectivity index (χ3v) is 6.47. The fourth-order valence-electron chi connectivity index (χ4n) is 2.39. The zero-order valence-corrected chi connectivity index (χ0v) is 17.3. The highest BCUT2D eigenvalue weighted by Crippen LogP contribution is 2.25. The first-order valence-electron chi connectivity index (χ1n) is 8.07. The number of carbonyl (C=O) groups excluding carboxylic acids is 1. The molecule has 3 rings (SSSR count). The van der Waals surface area contributed by atoms with Gasteiger partial charge in [-0.2, -0.15) is 0 Å². The van der Waals surface area contributed by atoms with E-state index in [1.165, 1.54) is 23.1 Å². The molecule has 0 amide bonds. The summed E-state index contributed by atoms with van der Waals surface area (Å²) < 4.78 is 29.8. The van der Waals surface area contributed by atoms with E-state index in [0.29, 0.717) is 23.0 Å². The summed E-state index contributed by atoms with van der Waals surface area (Å²) in [4.78, 5) is 21.7. The number of imidazole rings is 1. The second-order valence-corrected chi connectivity index (χ2v) is 9.78. The van der Waals surface area contributed by atoms with Crippen LogP contribution >= 0.6 is 23.1 Å². The van der Waals surface area contributed by atoms with Gasteiger partial charge in [-0.1, -0.05) is 11.8 Å². The van der Waals surface area contributed by atoms with Gasteiger partial charge in [0.25, 0.3) is 0 Å². The predicted molar refractivity (Wildman–Crippen MR) is 109 cm³/mol. The first-order chi connectivity index (χ1) is 12.8. The Bertz CT molecular complexity index is 1060. The fourth-order valence-corrected chi connectivity index (χ4v) is 4.66. The molecule has 0 fully saturated rings. The van der Waals surface area contributed by atoms with Crippen LogP contribution in [0.5, 0.6) is 5.75 Å². The van der Waals surface area contributed by atoms with Gasteiger partial charge in [-0.05, 0) is 30.7 Å². The van der Waals surface area contributed by atoms with E-state index in [4.69, 9.17) is 4.74 Å². The Morgan fingerprint density at radius 2 is 2.15 bits per heavy atom. The summed E-state index contributed by atoms with van der Waals surface area (Å²) in [7, 11) is -1.58. The lowest BCUT2D eigenvalue weighted by atomic mass is 10.3. The SMILES string of the molecule is COc1ccc2nc(SCC(=O)c3ccc(CCNS(C)(=O)=O)s3)[nH]c2c1. The summed E-state index contributed by atoms with van der Waals surface area (Å²) in [6, 6.07) is 9.22. The topological polar surface area (TPSA) is 101 Å². The van der Waals surface area contributed by atoms with Crippen molar-refractivity contribution in [3.63, 3.8) is 0 Å². The number of hydrogen-bond donors (Lipinski definition) is 2. The number of H-pyrrole nitrogens is 1. The molecule has 27 heavy (non-hydrogen) atoms. The summed E-state index contributed by atoms with van der Waals surface area (Å²) >= 11 is 2.74. The molecule has 0 aliphatic rings. The Balaban J connectivity index is 1.56. The molecular formula is C17H19N3O4S3. The van der Waals surface area contributed by atoms with E-state index < -0.39 is 10.0 Å². The van der Waals surface area contributed by atoms with Crippen LogP contribution in [0.15, 0.2) is 35.5 Å². The van der Waals surface area contributed by atoms with Crippen LogP contribution < -0.4 is 9.46 Å². The third-order valence-electron chi connectivity index (χ3n) is 3.68. The highest BCUT2D eigenvalue weighted by Gasteiger charge is 2.12. The van der Waals surface area contributed by atoms with E-state index in [0.717, 1.165) is 27.9 Å². The number of ether oxygens (including phenoxy) is 1. The number of carbonyl (C=O) groups is 1. The molecular weight excluding hydrogens is 406 g/mol. The van der Waals surface area contributed by atoms with E-state index in [1.807, 2.05) is 24.3 Å². The number of thioether (sulfide) groups is 1. The van der Waals surface area contributed by atoms with Gasteiger partial charge >= 0.3 is 0 Å². The van der Waals surface area contributed by atoms with Gasteiger partial charge in [0.15, 0.2) is 10.9 Å². The van der Waals surface area contributed by atoms with Crippen LogP contribution in [-0.4, -0.2) is 49.8 Å². The molecule has 0 aliphatic heterocycles. The average Bonchev–Trinajstić information content (AvgIpc) is 3.24. The smallest absolute Gasteiger partial charge is 0.208 e. The Morgan fingerprint density at radius 3 is 2.89 bits per heavy atom. The number of aromatic amines is 1. The molecule has 10 heteroatoms. The number of hydrogen-bond acceptors (Lipinski definition) is 7. The summed E-state index contributed by atoms with van der Waals surface area (Å²) in [6.45, 7) is 0.324. The number of nitrogens with one attached hydrogen (secondary N) is 2. The van der Waals surface area contributed by atoms with Crippen molar-refractivity contribution in [1.82, 2.24) is 14.7 Å². The van der Waals surface area contributed by atoms with Gasteiger partial charge in [-0.15, -0.1) is 11.3 Å². The fraction of sp³-hybridized carbons (Fsp3) is 0.294. The molecule has 3 aromatic rings. The number of nitrogens with zero attached hydrogens (tertiary/aromatic N) is 1. The number of aromatic nitrogens is 2. The molecule has 144 valence electrons. The number of methoxy groups -OCH3 is 1. The summed E-state index contributed by atoms with van der Waals surface area (Å²) in [5.41, 5.74) is 1.68. The highest BCUT2D eigenvalue weighted by molar-refractivity contribution is 7.99. The zero-order chi connectivity index (χ0) is 19.4. The third kappa shape index (κ3) is 5.55. The Labute approximate surface area is 165 Å². The molecule has 7 nitrogen and oxygen atoms in total. The Kier molecular flexibility index (Phi) is 6.20. The maximum atomic E-state index is 12.4. The average molecular weight is 426 g/mol. The van der Waals surface area contributed by atoms with Gasteiger partial charge in [-0.3, -0.25) is 4.79 Å². The molecule has 0 bridgehead atoms. The van der Waals surface area contributed by atoms with Gasteiger partial charge in [0.05, 0.1) is 35.0 Å². The van der Waals surface area contributed by atoms with Crippen LogP contribution in [0.3, 0.4) is 0 Å². The van der Waals surface area contributed by atoms with Crippen molar-refractivity contribution in [3.05, 3.63) is 40.1 Å². The normalized spacial score (nSPS) is 11.8. The maximum Gasteiger partial charge on any atom is 0.208 e. The second-order valence-electron chi connectivity index (χ2n) is 5.82. The van der Waals surface area contributed by atoms with Crippen molar-refractivity contribution in [2.24, 2.45) is 0 Å². The quantitative estimate of drug-likeness (QED) is 0.404. The minimum absolute atomic E-state index is 0.0189. The molecule has 0 aliphatic carbocycles. The lowest BCUT2D eigenvalue weighted by Crippen LogP contribution is -2.23. The number of ketones is 1. The first kappa shape index (κ1) is 19.9. The number of benzene rings is 1. The van der Waals surface area contributed by atoms with Crippen molar-refractivity contribution in [2.45, 2.75) is 11.6 Å². The van der Waals surface area contributed by atoms with E-state index in [1.54, 1.807) is 13.2 Å². The van der Waals surface area contributed by atoms with Crippen LogP contribution in [0.1, 0.15) is 14.5 Å². The molecule has 0 saturated carbocycles. The molecule has 0 atom stereocenters. The van der Waals surface area contributed by atoms with Gasteiger partial charge < -0.3 is 9.72 Å². The largest absolute Gasteiger partial charge is 0.497 e. The van der Waals surface area contributed by atoms with Crippen LogP contribution in [0.4, 0.5) is 0 Å². The minimum Gasteiger partial charge on any atom is -0.497 e. The summed E-state index contributed by atoms with van der Waals surface area (Å²) in [5.74, 6) is 1.04. The van der Waals surface area contributed by atoms with Gasteiger partial charge in [0.1, 0.15) is 5.75 Å². The lowest BCUT2D eigenvalue weighted by Gasteiger charge is -1.99. The number of sulfonamides is 1. The molecule has 0 radical (unpaired) electrons. The number of rotatable bonds is 9. The molecule has 2 aromatic heterocycles. The number of thiophene rings is 1. The number of Topliss-reactive ketones (excluding diaryl/α,β-unsaturated/α-hetero) is 1. The zero-order valence-electron chi connectivity index (χ0n) is 14.8. The standard InChI is InChI=1S/C17H19N3O4S3/c1-24-11-3-5-13-14(9-11)20-17(19-13)25-10-15(21)16-6-4-12(26-16)7-8-18-27(2,22)23/h3-6,9,18H,7-8,10H2,1-2H3,(H,19,20). The Hall–Kier alpha value is -1.88. The molecule has 2 heterocycles. The number of fused-ring (bicyclic) bond motifs is 1. The monoisotopic (exact) mass is 425 g/mol. The van der Waals surface area contributed by atoms with E-state index in [2.05, 4.69) is 14.7 Å². The molecule has 1 aromatic carbocycles. The second kappa shape index (κ2) is 8.42. The van der Waals surface area contributed by atoms with Gasteiger partial charge in [-0.25, -0.2) is 18.1 Å². The molecule has 2 N–H and O–H groups in total. The summed E-state index contributed by atoms with van der Waals surface area (Å²) in [6.07, 6.45) is 1.69. The van der Waals surface area contributed by atoms with Crippen LogP contribution in [-0.2, 0) is 16.4 Å².